The fourth-order valence-corrected chi connectivity index (χ4v) is 4.35. The minimum absolute atomic E-state index is 0.101. The zero-order valence-electron chi connectivity index (χ0n) is 13.2. The van der Waals surface area contributed by atoms with Crippen molar-refractivity contribution in [3.63, 3.8) is 0 Å². The SMILES string of the molecule is Cc1csc(CC2CCN(C(=O)CC3(O)CCCNC3)C2)n1. The van der Waals surface area contributed by atoms with Gasteiger partial charge < -0.3 is 15.3 Å². The van der Waals surface area contributed by atoms with Gasteiger partial charge in [0.15, 0.2) is 0 Å². The molecule has 2 aliphatic rings. The van der Waals surface area contributed by atoms with Gasteiger partial charge in [-0.05, 0) is 38.6 Å². The van der Waals surface area contributed by atoms with Crippen molar-refractivity contribution in [3.8, 4) is 0 Å². The van der Waals surface area contributed by atoms with Crippen LogP contribution in [0.5, 0.6) is 0 Å². The van der Waals surface area contributed by atoms with Gasteiger partial charge in [-0.1, -0.05) is 0 Å². The summed E-state index contributed by atoms with van der Waals surface area (Å²) in [5, 5.41) is 16.9. The number of amides is 1. The maximum Gasteiger partial charge on any atom is 0.225 e. The predicted octanol–water partition coefficient (Wildman–Crippen LogP) is 1.35. The molecule has 1 amide bonds. The highest BCUT2D eigenvalue weighted by molar-refractivity contribution is 7.09. The molecule has 0 radical (unpaired) electrons. The molecule has 0 bridgehead atoms. The molecule has 0 aliphatic carbocycles. The Hall–Kier alpha value is -0.980. The molecule has 22 heavy (non-hydrogen) atoms. The van der Waals surface area contributed by atoms with E-state index in [1.54, 1.807) is 11.3 Å². The Morgan fingerprint density at radius 2 is 2.50 bits per heavy atom. The van der Waals surface area contributed by atoms with Gasteiger partial charge in [0, 0.05) is 37.1 Å². The third kappa shape index (κ3) is 3.86. The molecule has 2 atom stereocenters. The van der Waals surface area contributed by atoms with Gasteiger partial charge in [0.2, 0.25) is 5.91 Å². The van der Waals surface area contributed by atoms with E-state index in [9.17, 15) is 9.90 Å². The monoisotopic (exact) mass is 323 g/mol. The van der Waals surface area contributed by atoms with E-state index in [4.69, 9.17) is 0 Å². The van der Waals surface area contributed by atoms with Gasteiger partial charge in [0.25, 0.3) is 0 Å². The lowest BCUT2D eigenvalue weighted by atomic mass is 9.90. The molecule has 6 heteroatoms. The Kier molecular flexibility index (Phi) is 4.80. The molecule has 3 rings (SSSR count). The highest BCUT2D eigenvalue weighted by Crippen LogP contribution is 2.26. The molecule has 5 nitrogen and oxygen atoms in total. The zero-order valence-corrected chi connectivity index (χ0v) is 14.0. The minimum atomic E-state index is -0.847. The van der Waals surface area contributed by atoms with E-state index < -0.39 is 5.60 Å². The molecule has 3 heterocycles. The van der Waals surface area contributed by atoms with Crippen molar-refractivity contribution in [1.29, 1.82) is 0 Å². The van der Waals surface area contributed by atoms with E-state index >= 15 is 0 Å². The van der Waals surface area contributed by atoms with Gasteiger partial charge in [-0.2, -0.15) is 0 Å². The number of carbonyl (C=O) groups excluding carboxylic acids is 1. The highest BCUT2D eigenvalue weighted by atomic mass is 32.1. The van der Waals surface area contributed by atoms with E-state index in [0.717, 1.165) is 51.0 Å². The van der Waals surface area contributed by atoms with E-state index in [2.05, 4.69) is 15.7 Å². The van der Waals surface area contributed by atoms with Gasteiger partial charge >= 0.3 is 0 Å². The van der Waals surface area contributed by atoms with Gasteiger partial charge in [0.05, 0.1) is 17.0 Å². The van der Waals surface area contributed by atoms with Crippen LogP contribution in [0, 0.1) is 12.8 Å². The van der Waals surface area contributed by atoms with Crippen LogP contribution < -0.4 is 5.32 Å². The van der Waals surface area contributed by atoms with Crippen LogP contribution in [0.15, 0.2) is 5.38 Å². The molecule has 0 saturated carbocycles. The first-order valence-electron chi connectivity index (χ1n) is 8.16. The van der Waals surface area contributed by atoms with Crippen molar-refractivity contribution >= 4 is 17.2 Å². The molecule has 1 aromatic rings. The van der Waals surface area contributed by atoms with Crippen LogP contribution in [-0.2, 0) is 11.2 Å². The summed E-state index contributed by atoms with van der Waals surface area (Å²) in [4.78, 5) is 18.9. The van der Waals surface area contributed by atoms with Gasteiger partial charge in [-0.3, -0.25) is 4.79 Å². The largest absolute Gasteiger partial charge is 0.388 e. The molecule has 0 aromatic carbocycles. The summed E-state index contributed by atoms with van der Waals surface area (Å²) >= 11 is 1.71. The normalized spacial score (nSPS) is 29.0. The van der Waals surface area contributed by atoms with Gasteiger partial charge in [0.1, 0.15) is 0 Å². The minimum Gasteiger partial charge on any atom is -0.388 e. The maximum absolute atomic E-state index is 12.4. The topological polar surface area (TPSA) is 65.5 Å². The molecule has 1 aromatic heterocycles. The van der Waals surface area contributed by atoms with Crippen molar-refractivity contribution in [2.75, 3.05) is 26.2 Å². The van der Waals surface area contributed by atoms with Crippen LogP contribution in [0.25, 0.3) is 0 Å². The Morgan fingerprint density at radius 3 is 3.18 bits per heavy atom. The first-order chi connectivity index (χ1) is 10.5. The Balaban J connectivity index is 1.50. The predicted molar refractivity (Wildman–Crippen MR) is 86.9 cm³/mol. The van der Waals surface area contributed by atoms with E-state index in [1.165, 1.54) is 5.01 Å². The molecule has 0 spiro atoms. The summed E-state index contributed by atoms with van der Waals surface area (Å²) in [6, 6.07) is 0. The van der Waals surface area contributed by atoms with Gasteiger partial charge in [-0.15, -0.1) is 11.3 Å². The maximum atomic E-state index is 12.4. The van der Waals surface area contributed by atoms with Crippen molar-refractivity contribution in [1.82, 2.24) is 15.2 Å². The fourth-order valence-electron chi connectivity index (χ4n) is 3.47. The number of hydrogen-bond donors (Lipinski definition) is 2. The number of β-amino-alcohol motifs (C(OH)–C–C–N with tert-alkyl or cyclic N) is 1. The van der Waals surface area contributed by atoms with Crippen LogP contribution in [0.4, 0.5) is 0 Å². The van der Waals surface area contributed by atoms with Crippen LogP contribution in [0.2, 0.25) is 0 Å². The number of piperidine rings is 1. The summed E-state index contributed by atoms with van der Waals surface area (Å²) in [5.41, 5.74) is 0.234. The molecular formula is C16H25N3O2S. The fraction of sp³-hybridized carbons (Fsp3) is 0.750. The van der Waals surface area contributed by atoms with Crippen molar-refractivity contribution in [3.05, 3.63) is 16.1 Å². The number of aryl methyl sites for hydroxylation is 1. The van der Waals surface area contributed by atoms with E-state index in [1.807, 2.05) is 11.8 Å². The van der Waals surface area contributed by atoms with Crippen LogP contribution in [-0.4, -0.2) is 52.7 Å². The van der Waals surface area contributed by atoms with Crippen LogP contribution in [0.3, 0.4) is 0 Å². The molecule has 2 fully saturated rings. The smallest absolute Gasteiger partial charge is 0.225 e. The molecule has 2 unspecified atom stereocenters. The number of nitrogens with zero attached hydrogens (tertiary/aromatic N) is 2. The van der Waals surface area contributed by atoms with Crippen molar-refractivity contribution in [2.45, 2.75) is 44.6 Å². The number of rotatable bonds is 4. The summed E-state index contributed by atoms with van der Waals surface area (Å²) in [7, 11) is 0. The third-order valence-electron chi connectivity index (χ3n) is 4.70. The van der Waals surface area contributed by atoms with Crippen molar-refractivity contribution in [2.24, 2.45) is 5.92 Å². The Morgan fingerprint density at radius 1 is 1.64 bits per heavy atom. The summed E-state index contributed by atoms with van der Waals surface area (Å²) in [5.74, 6) is 0.609. The van der Waals surface area contributed by atoms with Crippen molar-refractivity contribution < 1.29 is 9.90 Å². The highest BCUT2D eigenvalue weighted by Gasteiger charge is 2.35. The average Bonchev–Trinajstić information content (AvgIpc) is 3.09. The number of carbonyl (C=O) groups is 1. The quantitative estimate of drug-likeness (QED) is 0.878. The molecular weight excluding hydrogens is 298 g/mol. The lowest BCUT2D eigenvalue weighted by Gasteiger charge is -2.33. The summed E-state index contributed by atoms with van der Waals surface area (Å²) in [6.45, 7) is 5.12. The molecule has 122 valence electrons. The van der Waals surface area contributed by atoms with E-state index in [0.29, 0.717) is 12.5 Å². The summed E-state index contributed by atoms with van der Waals surface area (Å²) in [6.07, 6.45) is 3.93. The second-order valence-corrected chi connectivity index (χ2v) is 7.71. The lowest BCUT2D eigenvalue weighted by Crippen LogP contribution is -2.48. The Labute approximate surface area is 135 Å². The standard InChI is InChI=1S/C16H25N3O2S/c1-12-10-22-14(18-12)7-13-3-6-19(9-13)15(20)8-16(21)4-2-5-17-11-16/h10,13,17,21H,2-9,11H2,1H3. The number of hydrogen-bond acceptors (Lipinski definition) is 5. The second-order valence-electron chi connectivity index (χ2n) is 6.76. The van der Waals surface area contributed by atoms with Crippen LogP contribution in [0.1, 0.15) is 36.4 Å². The lowest BCUT2D eigenvalue weighted by molar-refractivity contribution is -0.136. The Bertz CT molecular complexity index is 525. The first kappa shape index (κ1) is 15.9. The van der Waals surface area contributed by atoms with Crippen LogP contribution >= 0.6 is 11.3 Å². The number of aliphatic hydroxyl groups is 1. The van der Waals surface area contributed by atoms with E-state index in [-0.39, 0.29) is 12.3 Å². The third-order valence-corrected chi connectivity index (χ3v) is 5.69. The number of likely N-dealkylation sites (tertiary alicyclic amines) is 1. The number of nitrogens with one attached hydrogen (secondary N) is 1. The molecule has 2 N–H and O–H groups in total. The zero-order chi connectivity index (χ0) is 15.6. The summed E-state index contributed by atoms with van der Waals surface area (Å²) < 4.78 is 0. The molecule has 2 saturated heterocycles. The average molecular weight is 323 g/mol. The van der Waals surface area contributed by atoms with Gasteiger partial charge in [-0.25, -0.2) is 4.98 Å². The molecule has 2 aliphatic heterocycles. The number of thiazole rings is 1. The second kappa shape index (κ2) is 6.64. The first-order valence-corrected chi connectivity index (χ1v) is 9.04. The number of aromatic nitrogens is 1.